The molecule has 1 aromatic heterocycles. The smallest absolute Gasteiger partial charge is 0.274 e. The second kappa shape index (κ2) is 6.50. The summed E-state index contributed by atoms with van der Waals surface area (Å²) in [6.45, 7) is 7.75. The first-order valence-corrected chi connectivity index (χ1v) is 7.34. The Labute approximate surface area is 124 Å². The van der Waals surface area contributed by atoms with Crippen LogP contribution >= 0.6 is 11.6 Å². The molecule has 1 fully saturated rings. The zero-order valence-electron chi connectivity index (χ0n) is 12.1. The third-order valence-corrected chi connectivity index (χ3v) is 3.64. The molecule has 6 heteroatoms. The molecule has 1 aliphatic rings. The molecular formula is C14H20ClN3O2. The standard InChI is InChI=1S/C14H20ClN3O2/c1-4-10-8-18(5-6-20-10)14(19)12-11(15)7-16-13(17-12)9(2)3/h7,9-10H,4-6,8H2,1-3H3. The first-order valence-electron chi connectivity index (χ1n) is 6.96. The SMILES string of the molecule is CCC1CN(C(=O)c2nc(C(C)C)ncc2Cl)CCO1. The van der Waals surface area contributed by atoms with Crippen molar-refractivity contribution in [3.63, 3.8) is 0 Å². The van der Waals surface area contributed by atoms with E-state index in [-0.39, 0.29) is 17.9 Å². The molecule has 0 radical (unpaired) electrons. The van der Waals surface area contributed by atoms with Gasteiger partial charge in [0.15, 0.2) is 5.69 Å². The summed E-state index contributed by atoms with van der Waals surface area (Å²) in [6.07, 6.45) is 2.49. The highest BCUT2D eigenvalue weighted by molar-refractivity contribution is 6.33. The van der Waals surface area contributed by atoms with Crippen LogP contribution in [0.1, 0.15) is 49.4 Å². The van der Waals surface area contributed by atoms with Gasteiger partial charge in [-0.3, -0.25) is 4.79 Å². The minimum atomic E-state index is -0.138. The second-order valence-corrected chi connectivity index (χ2v) is 5.64. The number of aromatic nitrogens is 2. The Morgan fingerprint density at radius 2 is 2.35 bits per heavy atom. The molecule has 2 rings (SSSR count). The Bertz CT molecular complexity index is 493. The van der Waals surface area contributed by atoms with Crippen LogP contribution in [0.3, 0.4) is 0 Å². The fraction of sp³-hybridized carbons (Fsp3) is 0.643. The Balaban J connectivity index is 2.21. The van der Waals surface area contributed by atoms with E-state index in [0.717, 1.165) is 6.42 Å². The topological polar surface area (TPSA) is 55.3 Å². The van der Waals surface area contributed by atoms with Crippen molar-refractivity contribution in [1.82, 2.24) is 14.9 Å². The average molecular weight is 298 g/mol. The molecule has 1 unspecified atom stereocenters. The van der Waals surface area contributed by atoms with Gasteiger partial charge >= 0.3 is 0 Å². The van der Waals surface area contributed by atoms with E-state index in [0.29, 0.717) is 36.2 Å². The highest BCUT2D eigenvalue weighted by Gasteiger charge is 2.26. The van der Waals surface area contributed by atoms with Crippen LogP contribution in [0.2, 0.25) is 5.02 Å². The van der Waals surface area contributed by atoms with Crippen LogP contribution in [-0.4, -0.2) is 46.6 Å². The van der Waals surface area contributed by atoms with Crippen molar-refractivity contribution >= 4 is 17.5 Å². The van der Waals surface area contributed by atoms with Gasteiger partial charge in [0.1, 0.15) is 5.82 Å². The number of hydrogen-bond acceptors (Lipinski definition) is 4. The zero-order valence-corrected chi connectivity index (χ0v) is 12.9. The van der Waals surface area contributed by atoms with Gasteiger partial charge in [0, 0.05) is 19.0 Å². The van der Waals surface area contributed by atoms with Crippen LogP contribution in [0.5, 0.6) is 0 Å². The van der Waals surface area contributed by atoms with Gasteiger partial charge in [-0.1, -0.05) is 32.4 Å². The fourth-order valence-electron chi connectivity index (χ4n) is 2.11. The molecule has 1 aliphatic heterocycles. The van der Waals surface area contributed by atoms with E-state index in [1.165, 1.54) is 6.20 Å². The van der Waals surface area contributed by atoms with Gasteiger partial charge in [-0.05, 0) is 6.42 Å². The summed E-state index contributed by atoms with van der Waals surface area (Å²) in [4.78, 5) is 22.8. The minimum Gasteiger partial charge on any atom is -0.375 e. The highest BCUT2D eigenvalue weighted by Crippen LogP contribution is 2.19. The van der Waals surface area contributed by atoms with E-state index in [2.05, 4.69) is 9.97 Å². The first kappa shape index (κ1) is 15.2. The maximum Gasteiger partial charge on any atom is 0.274 e. The van der Waals surface area contributed by atoms with Crippen LogP contribution in [0.25, 0.3) is 0 Å². The lowest BCUT2D eigenvalue weighted by Crippen LogP contribution is -2.45. The molecule has 1 atom stereocenters. The highest BCUT2D eigenvalue weighted by atomic mass is 35.5. The lowest BCUT2D eigenvalue weighted by molar-refractivity contribution is -0.0228. The average Bonchev–Trinajstić information content (AvgIpc) is 2.46. The molecule has 1 saturated heterocycles. The molecule has 20 heavy (non-hydrogen) atoms. The summed E-state index contributed by atoms with van der Waals surface area (Å²) in [5.41, 5.74) is 0.294. The monoisotopic (exact) mass is 297 g/mol. The zero-order chi connectivity index (χ0) is 14.7. The van der Waals surface area contributed by atoms with Crippen molar-refractivity contribution in [2.75, 3.05) is 19.7 Å². The molecule has 0 bridgehead atoms. The Morgan fingerprint density at radius 3 is 3.00 bits per heavy atom. The lowest BCUT2D eigenvalue weighted by atomic mass is 10.2. The Hall–Kier alpha value is -1.20. The van der Waals surface area contributed by atoms with Crippen molar-refractivity contribution < 1.29 is 9.53 Å². The van der Waals surface area contributed by atoms with Crippen molar-refractivity contribution in [3.05, 3.63) is 22.7 Å². The quantitative estimate of drug-likeness (QED) is 0.860. The molecule has 110 valence electrons. The number of morpholine rings is 1. The molecule has 1 amide bonds. The molecule has 0 saturated carbocycles. The number of amides is 1. The van der Waals surface area contributed by atoms with Gasteiger partial charge in [-0.25, -0.2) is 9.97 Å². The molecule has 5 nitrogen and oxygen atoms in total. The third kappa shape index (κ3) is 3.27. The van der Waals surface area contributed by atoms with Gasteiger partial charge in [0.25, 0.3) is 5.91 Å². The molecular weight excluding hydrogens is 278 g/mol. The summed E-state index contributed by atoms with van der Waals surface area (Å²) in [5.74, 6) is 0.658. The van der Waals surface area contributed by atoms with Gasteiger partial charge in [0.2, 0.25) is 0 Å². The summed E-state index contributed by atoms with van der Waals surface area (Å²) in [6, 6.07) is 0. The predicted molar refractivity (Wildman–Crippen MR) is 77.1 cm³/mol. The van der Waals surface area contributed by atoms with Crippen LogP contribution in [0.15, 0.2) is 6.20 Å². The summed E-state index contributed by atoms with van der Waals surface area (Å²) in [5, 5.41) is 0.305. The molecule has 0 spiro atoms. The number of carbonyl (C=O) groups excluding carboxylic acids is 1. The fourth-order valence-corrected chi connectivity index (χ4v) is 2.28. The largest absolute Gasteiger partial charge is 0.375 e. The molecule has 2 heterocycles. The van der Waals surface area contributed by atoms with Gasteiger partial charge < -0.3 is 9.64 Å². The van der Waals surface area contributed by atoms with Crippen LogP contribution < -0.4 is 0 Å². The van der Waals surface area contributed by atoms with Crippen LogP contribution in [0, 0.1) is 0 Å². The lowest BCUT2D eigenvalue weighted by Gasteiger charge is -2.32. The van der Waals surface area contributed by atoms with E-state index in [4.69, 9.17) is 16.3 Å². The summed E-state index contributed by atoms with van der Waals surface area (Å²) < 4.78 is 5.58. The van der Waals surface area contributed by atoms with Gasteiger partial charge in [0.05, 0.1) is 23.9 Å². The molecule has 0 N–H and O–H groups in total. The Kier molecular flexibility index (Phi) is 4.94. The van der Waals surface area contributed by atoms with Gasteiger partial charge in [-0.15, -0.1) is 0 Å². The second-order valence-electron chi connectivity index (χ2n) is 5.23. The third-order valence-electron chi connectivity index (χ3n) is 3.36. The molecule has 1 aromatic rings. The van der Waals surface area contributed by atoms with E-state index >= 15 is 0 Å². The molecule has 0 aromatic carbocycles. The Morgan fingerprint density at radius 1 is 1.60 bits per heavy atom. The van der Waals surface area contributed by atoms with E-state index in [1.807, 2.05) is 20.8 Å². The maximum atomic E-state index is 12.6. The predicted octanol–water partition coefficient (Wildman–Crippen LogP) is 2.50. The first-order chi connectivity index (χ1) is 9.52. The maximum absolute atomic E-state index is 12.6. The van der Waals surface area contributed by atoms with Crippen molar-refractivity contribution in [3.8, 4) is 0 Å². The van der Waals surface area contributed by atoms with Crippen molar-refractivity contribution in [1.29, 1.82) is 0 Å². The van der Waals surface area contributed by atoms with Crippen LogP contribution in [0.4, 0.5) is 0 Å². The van der Waals surface area contributed by atoms with Crippen molar-refractivity contribution in [2.24, 2.45) is 0 Å². The van der Waals surface area contributed by atoms with E-state index in [9.17, 15) is 4.79 Å². The summed E-state index contributed by atoms with van der Waals surface area (Å²) >= 11 is 6.08. The molecule has 0 aliphatic carbocycles. The van der Waals surface area contributed by atoms with Crippen molar-refractivity contribution in [2.45, 2.75) is 39.2 Å². The summed E-state index contributed by atoms with van der Waals surface area (Å²) in [7, 11) is 0. The number of ether oxygens (including phenoxy) is 1. The number of carbonyl (C=O) groups is 1. The van der Waals surface area contributed by atoms with Gasteiger partial charge in [-0.2, -0.15) is 0 Å². The number of hydrogen-bond donors (Lipinski definition) is 0. The number of rotatable bonds is 3. The number of nitrogens with zero attached hydrogens (tertiary/aromatic N) is 3. The van der Waals surface area contributed by atoms with E-state index in [1.54, 1.807) is 4.90 Å². The normalized spacial score (nSPS) is 19.4. The van der Waals surface area contributed by atoms with E-state index < -0.39 is 0 Å². The number of halogens is 1. The van der Waals surface area contributed by atoms with Crippen LogP contribution in [-0.2, 0) is 4.74 Å². The minimum absolute atomic E-state index is 0.0953.